The average molecular weight is 318 g/mol. The van der Waals surface area contributed by atoms with Crippen LogP contribution in [0.2, 0.25) is 0 Å². The number of nitrogens with one attached hydrogen (secondary N) is 1. The van der Waals surface area contributed by atoms with Gasteiger partial charge in [-0.05, 0) is 26.8 Å². The summed E-state index contributed by atoms with van der Waals surface area (Å²) in [6.45, 7) is 6.42. The third kappa shape index (κ3) is 2.75. The number of carbonyl (C=O) groups is 1. The van der Waals surface area contributed by atoms with Crippen LogP contribution in [0.25, 0.3) is 10.8 Å². The highest BCUT2D eigenvalue weighted by Gasteiger charge is 2.17. The molecule has 0 fully saturated rings. The molecule has 9 heteroatoms. The maximum absolute atomic E-state index is 12.0. The quantitative estimate of drug-likeness (QED) is 0.792. The number of aromatic nitrogens is 5. The zero-order chi connectivity index (χ0) is 15.7. The van der Waals surface area contributed by atoms with Crippen LogP contribution < -0.4 is 5.32 Å². The van der Waals surface area contributed by atoms with Crippen molar-refractivity contribution < 1.29 is 9.21 Å². The van der Waals surface area contributed by atoms with Crippen molar-refractivity contribution in [2.75, 3.05) is 5.32 Å². The Morgan fingerprint density at radius 3 is 2.86 bits per heavy atom. The first kappa shape index (κ1) is 14.4. The molecule has 3 aromatic rings. The van der Waals surface area contributed by atoms with Crippen molar-refractivity contribution >= 4 is 23.3 Å². The summed E-state index contributed by atoms with van der Waals surface area (Å²) < 4.78 is 7.14. The van der Waals surface area contributed by atoms with Gasteiger partial charge in [0.1, 0.15) is 4.88 Å². The molecule has 0 aliphatic carbocycles. The summed E-state index contributed by atoms with van der Waals surface area (Å²) in [5.41, 5.74) is 1.12. The first-order valence-electron chi connectivity index (χ1n) is 6.69. The fourth-order valence-corrected chi connectivity index (χ4v) is 2.76. The zero-order valence-corrected chi connectivity index (χ0v) is 13.1. The Balaban J connectivity index is 1.76. The monoisotopic (exact) mass is 318 g/mol. The minimum absolute atomic E-state index is 0.0384. The van der Waals surface area contributed by atoms with E-state index in [1.54, 1.807) is 16.9 Å². The van der Waals surface area contributed by atoms with Crippen molar-refractivity contribution in [3.8, 4) is 10.8 Å². The molecule has 0 aliphatic heterocycles. The van der Waals surface area contributed by atoms with Crippen LogP contribution in [-0.2, 0) is 6.54 Å². The maximum Gasteiger partial charge on any atom is 0.322 e. The lowest BCUT2D eigenvalue weighted by molar-refractivity contribution is 0.101. The number of rotatable bonds is 4. The smallest absolute Gasteiger partial charge is 0.322 e. The average Bonchev–Trinajstić information content (AvgIpc) is 3.18. The SMILES string of the molecule is CCn1ccc(C(=O)Nc2nnc(-c3sc(C)nc3C)o2)n1. The molecule has 0 saturated carbocycles. The van der Waals surface area contributed by atoms with Crippen LogP contribution in [0.15, 0.2) is 16.7 Å². The molecule has 0 unspecified atom stereocenters. The molecule has 3 rings (SSSR count). The number of carbonyl (C=O) groups excluding carboxylic acids is 1. The van der Waals surface area contributed by atoms with Crippen molar-refractivity contribution in [2.24, 2.45) is 0 Å². The molecule has 0 saturated heterocycles. The van der Waals surface area contributed by atoms with E-state index in [1.165, 1.54) is 11.3 Å². The molecule has 0 spiro atoms. The molecule has 114 valence electrons. The van der Waals surface area contributed by atoms with Crippen LogP contribution in [-0.4, -0.2) is 30.9 Å². The fraction of sp³-hybridized carbons (Fsp3) is 0.308. The summed E-state index contributed by atoms with van der Waals surface area (Å²) >= 11 is 1.47. The molecule has 0 aromatic carbocycles. The van der Waals surface area contributed by atoms with E-state index in [0.717, 1.165) is 15.6 Å². The molecular formula is C13H14N6O2S. The highest BCUT2D eigenvalue weighted by atomic mass is 32.1. The van der Waals surface area contributed by atoms with Gasteiger partial charge in [-0.3, -0.25) is 14.8 Å². The van der Waals surface area contributed by atoms with E-state index in [-0.39, 0.29) is 11.9 Å². The number of thiazole rings is 1. The van der Waals surface area contributed by atoms with Gasteiger partial charge in [-0.1, -0.05) is 5.10 Å². The van der Waals surface area contributed by atoms with Crippen LogP contribution in [0.1, 0.15) is 28.1 Å². The van der Waals surface area contributed by atoms with Gasteiger partial charge in [0.2, 0.25) is 0 Å². The summed E-state index contributed by atoms with van der Waals surface area (Å²) in [6.07, 6.45) is 1.73. The number of hydrogen-bond donors (Lipinski definition) is 1. The van der Waals surface area contributed by atoms with Gasteiger partial charge in [0.05, 0.1) is 10.7 Å². The standard InChI is InChI=1S/C13H14N6O2S/c1-4-19-6-5-9(18-19)11(20)15-13-17-16-12(21-13)10-7(2)14-8(3)22-10/h5-6H,4H2,1-3H3,(H,15,17,20). The maximum atomic E-state index is 12.0. The third-order valence-corrected chi connectivity index (χ3v) is 4.00. The lowest BCUT2D eigenvalue weighted by atomic mass is 10.4. The van der Waals surface area contributed by atoms with E-state index < -0.39 is 0 Å². The van der Waals surface area contributed by atoms with Gasteiger partial charge in [0.15, 0.2) is 5.69 Å². The van der Waals surface area contributed by atoms with Gasteiger partial charge < -0.3 is 4.42 Å². The molecule has 1 amide bonds. The first-order valence-corrected chi connectivity index (χ1v) is 7.51. The summed E-state index contributed by atoms with van der Waals surface area (Å²) in [6, 6.07) is 1.67. The molecule has 22 heavy (non-hydrogen) atoms. The highest BCUT2D eigenvalue weighted by molar-refractivity contribution is 7.15. The lowest BCUT2D eigenvalue weighted by Gasteiger charge is -1.96. The predicted octanol–water partition coefficient (Wildman–Crippen LogP) is 2.28. The largest absolute Gasteiger partial charge is 0.402 e. The van der Waals surface area contributed by atoms with Crippen LogP contribution in [0.5, 0.6) is 0 Å². The molecule has 0 aliphatic rings. The molecule has 0 radical (unpaired) electrons. The first-order chi connectivity index (χ1) is 10.6. The Morgan fingerprint density at radius 1 is 1.41 bits per heavy atom. The van der Waals surface area contributed by atoms with Gasteiger partial charge in [-0.15, -0.1) is 16.4 Å². The number of anilines is 1. The van der Waals surface area contributed by atoms with E-state index in [0.29, 0.717) is 18.1 Å². The van der Waals surface area contributed by atoms with Crippen molar-refractivity contribution in [1.82, 2.24) is 25.0 Å². The van der Waals surface area contributed by atoms with Crippen LogP contribution in [0.4, 0.5) is 6.01 Å². The van der Waals surface area contributed by atoms with Crippen molar-refractivity contribution in [3.05, 3.63) is 28.7 Å². The van der Waals surface area contributed by atoms with E-state index in [2.05, 4.69) is 25.6 Å². The molecule has 0 atom stereocenters. The Hall–Kier alpha value is -2.55. The van der Waals surface area contributed by atoms with Gasteiger partial charge >= 0.3 is 6.01 Å². The number of nitrogens with zero attached hydrogens (tertiary/aromatic N) is 5. The molecular weight excluding hydrogens is 304 g/mol. The van der Waals surface area contributed by atoms with Gasteiger partial charge in [-0.2, -0.15) is 5.10 Å². The summed E-state index contributed by atoms with van der Waals surface area (Å²) in [5, 5.41) is 15.3. The summed E-state index contributed by atoms with van der Waals surface area (Å²) in [7, 11) is 0. The van der Waals surface area contributed by atoms with Gasteiger partial charge in [0, 0.05) is 12.7 Å². The number of amides is 1. The predicted molar refractivity (Wildman–Crippen MR) is 80.7 cm³/mol. The molecule has 8 nitrogen and oxygen atoms in total. The number of hydrogen-bond acceptors (Lipinski definition) is 7. The Kier molecular flexibility index (Phi) is 3.72. The lowest BCUT2D eigenvalue weighted by Crippen LogP contribution is -2.13. The van der Waals surface area contributed by atoms with Gasteiger partial charge in [-0.25, -0.2) is 4.98 Å². The number of aryl methyl sites for hydroxylation is 3. The molecule has 3 heterocycles. The summed E-state index contributed by atoms with van der Waals surface area (Å²) in [4.78, 5) is 17.1. The summed E-state index contributed by atoms with van der Waals surface area (Å²) in [5.74, 6) is -0.0444. The zero-order valence-electron chi connectivity index (χ0n) is 12.3. The second kappa shape index (κ2) is 5.68. The topological polar surface area (TPSA) is 98.7 Å². The highest BCUT2D eigenvalue weighted by Crippen LogP contribution is 2.29. The van der Waals surface area contributed by atoms with Crippen LogP contribution in [0, 0.1) is 13.8 Å². The van der Waals surface area contributed by atoms with Crippen molar-refractivity contribution in [1.29, 1.82) is 0 Å². The Bertz CT molecular complexity index is 818. The third-order valence-electron chi connectivity index (χ3n) is 2.94. The van der Waals surface area contributed by atoms with E-state index >= 15 is 0 Å². The second-order valence-corrected chi connectivity index (χ2v) is 5.77. The molecule has 1 N–H and O–H groups in total. The molecule has 3 aromatic heterocycles. The fourth-order valence-electron chi connectivity index (χ4n) is 1.92. The normalized spacial score (nSPS) is 10.9. The second-order valence-electron chi connectivity index (χ2n) is 4.57. The Labute approximate surface area is 130 Å². The van der Waals surface area contributed by atoms with Crippen molar-refractivity contribution in [3.63, 3.8) is 0 Å². The van der Waals surface area contributed by atoms with Crippen molar-refractivity contribution in [2.45, 2.75) is 27.3 Å². The molecule has 0 bridgehead atoms. The minimum atomic E-state index is -0.389. The van der Waals surface area contributed by atoms with E-state index in [4.69, 9.17) is 4.42 Å². The van der Waals surface area contributed by atoms with Crippen LogP contribution in [0.3, 0.4) is 0 Å². The van der Waals surface area contributed by atoms with E-state index in [1.807, 2.05) is 20.8 Å². The minimum Gasteiger partial charge on any atom is -0.402 e. The van der Waals surface area contributed by atoms with E-state index in [9.17, 15) is 4.79 Å². The van der Waals surface area contributed by atoms with Crippen LogP contribution >= 0.6 is 11.3 Å². The van der Waals surface area contributed by atoms with Gasteiger partial charge in [0.25, 0.3) is 11.8 Å². The Morgan fingerprint density at radius 2 is 2.23 bits per heavy atom.